The lowest BCUT2D eigenvalue weighted by Crippen LogP contribution is -2.44. The Bertz CT molecular complexity index is 433. The second kappa shape index (κ2) is 6.37. The minimum atomic E-state index is 0.307. The van der Waals surface area contributed by atoms with E-state index < -0.39 is 0 Å². The number of halogens is 1. The van der Waals surface area contributed by atoms with Crippen molar-refractivity contribution in [2.75, 3.05) is 13.2 Å². The molecule has 1 aliphatic rings. The molecule has 0 saturated carbocycles. The van der Waals surface area contributed by atoms with Gasteiger partial charge in [-0.25, -0.2) is 0 Å². The van der Waals surface area contributed by atoms with Gasteiger partial charge in [-0.1, -0.05) is 13.8 Å². The van der Waals surface area contributed by atoms with Gasteiger partial charge in [-0.05, 0) is 41.7 Å². The number of nitrogens with one attached hydrogen (secondary N) is 1. The van der Waals surface area contributed by atoms with Gasteiger partial charge in [0.05, 0.1) is 22.0 Å². The third-order valence-corrected chi connectivity index (χ3v) is 5.01. The summed E-state index contributed by atoms with van der Waals surface area (Å²) in [6, 6.07) is 0.355. The van der Waals surface area contributed by atoms with Gasteiger partial charge < -0.3 is 10.1 Å². The van der Waals surface area contributed by atoms with E-state index in [-0.39, 0.29) is 0 Å². The molecule has 3 atom stereocenters. The molecule has 0 bridgehead atoms. The first-order valence-corrected chi connectivity index (χ1v) is 7.86. The molecular weight excluding hydrogens is 306 g/mol. The number of ether oxygens (including phenoxy) is 1. The summed E-state index contributed by atoms with van der Waals surface area (Å²) in [7, 11) is 2.01. The maximum atomic E-state index is 5.93. The summed E-state index contributed by atoms with van der Waals surface area (Å²) in [5.41, 5.74) is 2.29. The Morgan fingerprint density at radius 1 is 1.58 bits per heavy atom. The van der Waals surface area contributed by atoms with Crippen molar-refractivity contribution in [3.05, 3.63) is 15.9 Å². The van der Waals surface area contributed by atoms with E-state index in [1.165, 1.54) is 5.69 Å². The highest BCUT2D eigenvalue weighted by Gasteiger charge is 2.32. The van der Waals surface area contributed by atoms with E-state index in [9.17, 15) is 0 Å². The third kappa shape index (κ3) is 3.20. The molecule has 1 N–H and O–H groups in total. The second-order valence-electron chi connectivity index (χ2n) is 5.44. The summed E-state index contributed by atoms with van der Waals surface area (Å²) in [5, 5.41) is 8.05. The quantitative estimate of drug-likeness (QED) is 0.901. The molecule has 1 aromatic heterocycles. The summed E-state index contributed by atoms with van der Waals surface area (Å²) in [6.07, 6.45) is 2.42. The average Bonchev–Trinajstić information content (AvgIpc) is 2.88. The van der Waals surface area contributed by atoms with E-state index in [2.05, 4.69) is 40.2 Å². The van der Waals surface area contributed by atoms with Crippen LogP contribution in [0.4, 0.5) is 0 Å². The highest BCUT2D eigenvalue weighted by Crippen LogP contribution is 2.27. The summed E-state index contributed by atoms with van der Waals surface area (Å²) in [6.45, 7) is 8.32. The van der Waals surface area contributed by atoms with Crippen LogP contribution in [-0.4, -0.2) is 35.1 Å². The van der Waals surface area contributed by atoms with Crippen molar-refractivity contribution >= 4 is 15.9 Å². The molecule has 1 aliphatic heterocycles. The third-order valence-electron chi connectivity index (χ3n) is 3.98. The van der Waals surface area contributed by atoms with Crippen LogP contribution in [0.1, 0.15) is 31.7 Å². The van der Waals surface area contributed by atoms with Crippen molar-refractivity contribution in [2.24, 2.45) is 13.0 Å². The van der Waals surface area contributed by atoms with Crippen molar-refractivity contribution in [3.63, 3.8) is 0 Å². The first kappa shape index (κ1) is 15.0. The molecule has 108 valence electrons. The Morgan fingerprint density at radius 3 is 2.79 bits per heavy atom. The normalized spacial score (nSPS) is 24.9. The fourth-order valence-electron chi connectivity index (χ4n) is 2.91. The van der Waals surface area contributed by atoms with Gasteiger partial charge in [0, 0.05) is 26.1 Å². The molecule has 2 rings (SSSR count). The van der Waals surface area contributed by atoms with Crippen LogP contribution in [0, 0.1) is 12.8 Å². The van der Waals surface area contributed by atoms with Crippen LogP contribution >= 0.6 is 15.9 Å². The molecule has 1 saturated heterocycles. The smallest absolute Gasteiger partial charge is 0.0758 e. The molecule has 0 amide bonds. The monoisotopic (exact) mass is 329 g/mol. The van der Waals surface area contributed by atoms with Crippen molar-refractivity contribution in [1.82, 2.24) is 15.1 Å². The zero-order valence-electron chi connectivity index (χ0n) is 12.2. The highest BCUT2D eigenvalue weighted by atomic mass is 79.9. The minimum Gasteiger partial charge on any atom is -0.376 e. The standard InChI is InChI=1S/C14H24BrN3O/c1-5-16-11(14-9(2)6-7-19-14)8-12-13(15)10(3)17-18(12)4/h9,11,14,16H,5-8H2,1-4H3. The summed E-state index contributed by atoms with van der Waals surface area (Å²) in [5.74, 6) is 0.622. The Hall–Kier alpha value is -0.390. The van der Waals surface area contributed by atoms with Crippen LogP contribution in [-0.2, 0) is 18.2 Å². The molecule has 4 nitrogen and oxygen atoms in total. The van der Waals surface area contributed by atoms with Gasteiger partial charge in [0.1, 0.15) is 0 Å². The maximum absolute atomic E-state index is 5.93. The molecular formula is C14H24BrN3O. The molecule has 2 heterocycles. The average molecular weight is 330 g/mol. The Balaban J connectivity index is 2.16. The lowest BCUT2D eigenvalue weighted by atomic mass is 9.94. The molecule has 19 heavy (non-hydrogen) atoms. The van der Waals surface area contributed by atoms with E-state index in [0.29, 0.717) is 18.1 Å². The predicted molar refractivity (Wildman–Crippen MR) is 80.3 cm³/mol. The van der Waals surface area contributed by atoms with Crippen molar-refractivity contribution in [1.29, 1.82) is 0 Å². The number of rotatable bonds is 5. The first-order chi connectivity index (χ1) is 9.04. The fraction of sp³-hybridized carbons (Fsp3) is 0.786. The van der Waals surface area contributed by atoms with Gasteiger partial charge in [-0.3, -0.25) is 4.68 Å². The number of aryl methyl sites for hydroxylation is 2. The second-order valence-corrected chi connectivity index (χ2v) is 6.23. The Kier molecular flexibility index (Phi) is 5.03. The van der Waals surface area contributed by atoms with Gasteiger partial charge in [0.25, 0.3) is 0 Å². The van der Waals surface area contributed by atoms with Crippen molar-refractivity contribution < 1.29 is 4.74 Å². The fourth-order valence-corrected chi connectivity index (χ4v) is 3.41. The minimum absolute atomic E-state index is 0.307. The van der Waals surface area contributed by atoms with Crippen LogP contribution in [0.15, 0.2) is 4.47 Å². The van der Waals surface area contributed by atoms with Crippen LogP contribution < -0.4 is 5.32 Å². The molecule has 0 aromatic carbocycles. The number of nitrogens with zero attached hydrogens (tertiary/aromatic N) is 2. The molecule has 1 aromatic rings. The van der Waals surface area contributed by atoms with Gasteiger partial charge >= 0.3 is 0 Å². The molecule has 0 spiro atoms. The lowest BCUT2D eigenvalue weighted by molar-refractivity contribution is 0.0609. The number of hydrogen-bond donors (Lipinski definition) is 1. The van der Waals surface area contributed by atoms with Crippen LogP contribution in [0.5, 0.6) is 0 Å². The summed E-state index contributed by atoms with van der Waals surface area (Å²) in [4.78, 5) is 0. The number of likely N-dealkylation sites (N-methyl/N-ethyl adjacent to an activating group) is 1. The van der Waals surface area contributed by atoms with E-state index in [1.807, 2.05) is 18.7 Å². The number of aromatic nitrogens is 2. The topological polar surface area (TPSA) is 39.1 Å². The van der Waals surface area contributed by atoms with Gasteiger partial charge in [0.2, 0.25) is 0 Å². The first-order valence-electron chi connectivity index (χ1n) is 7.07. The Morgan fingerprint density at radius 2 is 2.32 bits per heavy atom. The van der Waals surface area contributed by atoms with E-state index in [4.69, 9.17) is 4.74 Å². The summed E-state index contributed by atoms with van der Waals surface area (Å²) >= 11 is 3.65. The van der Waals surface area contributed by atoms with Gasteiger partial charge in [0.15, 0.2) is 0 Å². The van der Waals surface area contributed by atoms with Crippen LogP contribution in [0.25, 0.3) is 0 Å². The molecule has 3 unspecified atom stereocenters. The van der Waals surface area contributed by atoms with E-state index in [1.54, 1.807) is 0 Å². The van der Waals surface area contributed by atoms with Crippen LogP contribution in [0.3, 0.4) is 0 Å². The molecule has 0 aliphatic carbocycles. The lowest BCUT2D eigenvalue weighted by Gasteiger charge is -2.27. The zero-order valence-corrected chi connectivity index (χ0v) is 13.8. The number of hydrogen-bond acceptors (Lipinski definition) is 3. The highest BCUT2D eigenvalue weighted by molar-refractivity contribution is 9.10. The van der Waals surface area contributed by atoms with Crippen LogP contribution in [0.2, 0.25) is 0 Å². The molecule has 0 radical (unpaired) electrons. The van der Waals surface area contributed by atoms with E-state index >= 15 is 0 Å². The largest absolute Gasteiger partial charge is 0.376 e. The van der Waals surface area contributed by atoms with Crippen molar-refractivity contribution in [2.45, 2.75) is 45.8 Å². The zero-order chi connectivity index (χ0) is 14.0. The molecule has 5 heteroatoms. The van der Waals surface area contributed by atoms with E-state index in [0.717, 1.165) is 36.2 Å². The predicted octanol–water partition coefficient (Wildman–Crippen LogP) is 2.44. The Labute approximate surface area is 124 Å². The SMILES string of the molecule is CCNC(Cc1c(Br)c(C)nn1C)C1OCCC1C. The van der Waals surface area contributed by atoms with Crippen molar-refractivity contribution in [3.8, 4) is 0 Å². The molecule has 1 fully saturated rings. The van der Waals surface area contributed by atoms with Gasteiger partial charge in [-0.15, -0.1) is 0 Å². The van der Waals surface area contributed by atoms with Gasteiger partial charge in [-0.2, -0.15) is 5.10 Å². The maximum Gasteiger partial charge on any atom is 0.0758 e. The summed E-state index contributed by atoms with van der Waals surface area (Å²) < 4.78 is 9.04.